The van der Waals surface area contributed by atoms with E-state index in [1.54, 1.807) is 7.05 Å². The number of halogens is 1. The summed E-state index contributed by atoms with van der Waals surface area (Å²) in [6.45, 7) is 5.36. The second kappa shape index (κ2) is 11.7. The smallest absolute Gasteiger partial charge is 0.191 e. The molecule has 0 spiro atoms. The molecule has 6 heteroatoms. The summed E-state index contributed by atoms with van der Waals surface area (Å²) in [4.78, 5) is 4.30. The quantitative estimate of drug-likeness (QED) is 0.217. The second-order valence-corrected chi connectivity index (χ2v) is 6.54. The van der Waals surface area contributed by atoms with Gasteiger partial charge in [-0.2, -0.15) is 0 Å². The zero-order valence-electron chi connectivity index (χ0n) is 15.3. The maximum Gasteiger partial charge on any atom is 0.191 e. The average Bonchev–Trinajstić information content (AvgIpc) is 3.39. The molecule has 1 aliphatic rings. The van der Waals surface area contributed by atoms with Crippen LogP contribution in [0, 0.1) is 5.41 Å². The van der Waals surface area contributed by atoms with E-state index in [4.69, 9.17) is 4.74 Å². The normalized spacial score (nSPS) is 16.7. The van der Waals surface area contributed by atoms with Crippen molar-refractivity contribution in [2.75, 3.05) is 40.0 Å². The Balaban J connectivity index is 0.00000312. The Morgan fingerprint density at radius 3 is 2.56 bits per heavy atom. The number of benzene rings is 1. The van der Waals surface area contributed by atoms with E-state index in [2.05, 4.69) is 15.6 Å². The molecule has 1 aliphatic carbocycles. The molecule has 3 N–H and O–H groups in total. The highest BCUT2D eigenvalue weighted by Crippen LogP contribution is 2.48. The van der Waals surface area contributed by atoms with Crippen LogP contribution < -0.4 is 10.6 Å². The number of hydrogen-bond acceptors (Lipinski definition) is 3. The number of ether oxygens (including phenoxy) is 1. The fraction of sp³-hybridized carbons (Fsp3) is 0.632. The molecule has 0 saturated heterocycles. The Morgan fingerprint density at radius 2 is 2.00 bits per heavy atom. The Kier molecular flexibility index (Phi) is 10.4. The standard InChI is InChI=1S/C19H31N3O2.HI/c1-3-24-12-11-19(9-10-19)15-22-18(20-2)21-13-17(14-23)16-7-5-4-6-8-16;/h4-8,17,23H,3,9-15H2,1-2H3,(H2,20,21,22);1H. The number of aliphatic hydroxyl groups is 1. The number of aliphatic hydroxyl groups excluding tert-OH is 1. The highest BCUT2D eigenvalue weighted by Gasteiger charge is 2.41. The minimum Gasteiger partial charge on any atom is -0.396 e. The summed E-state index contributed by atoms with van der Waals surface area (Å²) in [6.07, 6.45) is 3.62. The van der Waals surface area contributed by atoms with Crippen LogP contribution in [-0.2, 0) is 4.74 Å². The molecule has 0 aromatic heterocycles. The number of aliphatic imine (C=N–C) groups is 1. The van der Waals surface area contributed by atoms with Crippen LogP contribution in [-0.4, -0.2) is 51.0 Å². The maximum absolute atomic E-state index is 9.64. The van der Waals surface area contributed by atoms with E-state index in [0.29, 0.717) is 12.0 Å². The molecular weight excluding hydrogens is 429 g/mol. The van der Waals surface area contributed by atoms with Crippen molar-refractivity contribution in [2.24, 2.45) is 10.4 Å². The van der Waals surface area contributed by atoms with Crippen molar-refractivity contribution in [2.45, 2.75) is 32.1 Å². The van der Waals surface area contributed by atoms with E-state index in [1.807, 2.05) is 37.3 Å². The first-order valence-electron chi connectivity index (χ1n) is 8.91. The monoisotopic (exact) mass is 461 g/mol. The Hall–Kier alpha value is -0.860. The number of guanidine groups is 1. The molecule has 1 aromatic carbocycles. The Labute approximate surface area is 168 Å². The molecule has 5 nitrogen and oxygen atoms in total. The van der Waals surface area contributed by atoms with Gasteiger partial charge in [0.15, 0.2) is 5.96 Å². The molecule has 142 valence electrons. The van der Waals surface area contributed by atoms with Crippen LogP contribution in [0.5, 0.6) is 0 Å². The third kappa shape index (κ3) is 7.50. The highest BCUT2D eigenvalue weighted by atomic mass is 127. The molecule has 1 aromatic rings. The first kappa shape index (κ1) is 22.2. The van der Waals surface area contributed by atoms with E-state index < -0.39 is 0 Å². The van der Waals surface area contributed by atoms with Gasteiger partial charge in [-0.15, -0.1) is 24.0 Å². The predicted octanol–water partition coefficient (Wildman–Crippen LogP) is 2.75. The molecular formula is C19H32IN3O2. The van der Waals surface area contributed by atoms with Crippen LogP contribution in [0.3, 0.4) is 0 Å². The van der Waals surface area contributed by atoms with E-state index >= 15 is 0 Å². The zero-order chi connectivity index (χ0) is 17.3. The van der Waals surface area contributed by atoms with Crippen LogP contribution in [0.25, 0.3) is 0 Å². The van der Waals surface area contributed by atoms with Gasteiger partial charge in [0.1, 0.15) is 0 Å². The lowest BCUT2D eigenvalue weighted by Gasteiger charge is -2.21. The van der Waals surface area contributed by atoms with Crippen LogP contribution in [0.1, 0.15) is 37.7 Å². The lowest BCUT2D eigenvalue weighted by molar-refractivity contribution is 0.128. The van der Waals surface area contributed by atoms with Crippen LogP contribution in [0.2, 0.25) is 0 Å². The first-order chi connectivity index (χ1) is 11.7. The van der Waals surface area contributed by atoms with Gasteiger partial charge in [-0.3, -0.25) is 4.99 Å². The minimum atomic E-state index is 0. The number of rotatable bonds is 10. The summed E-state index contributed by atoms with van der Waals surface area (Å²) in [7, 11) is 1.78. The van der Waals surface area contributed by atoms with Crippen LogP contribution in [0.4, 0.5) is 0 Å². The molecule has 0 bridgehead atoms. The lowest BCUT2D eigenvalue weighted by atomic mass is 10.0. The van der Waals surface area contributed by atoms with Crippen LogP contribution in [0.15, 0.2) is 35.3 Å². The lowest BCUT2D eigenvalue weighted by Crippen LogP contribution is -2.42. The molecule has 0 aliphatic heterocycles. The highest BCUT2D eigenvalue weighted by molar-refractivity contribution is 14.0. The summed E-state index contributed by atoms with van der Waals surface area (Å²) >= 11 is 0. The summed E-state index contributed by atoms with van der Waals surface area (Å²) in [5.74, 6) is 0.865. The third-order valence-corrected chi connectivity index (χ3v) is 4.80. The van der Waals surface area contributed by atoms with Crippen molar-refractivity contribution in [1.82, 2.24) is 10.6 Å². The number of nitrogens with one attached hydrogen (secondary N) is 2. The van der Waals surface area contributed by atoms with Crippen molar-refractivity contribution in [1.29, 1.82) is 0 Å². The van der Waals surface area contributed by atoms with Crippen molar-refractivity contribution < 1.29 is 9.84 Å². The molecule has 0 amide bonds. The van der Waals surface area contributed by atoms with E-state index in [-0.39, 0.29) is 36.5 Å². The Bertz CT molecular complexity index is 507. The van der Waals surface area contributed by atoms with Gasteiger partial charge in [0.25, 0.3) is 0 Å². The molecule has 2 rings (SSSR count). The van der Waals surface area contributed by atoms with Gasteiger partial charge in [0.05, 0.1) is 6.61 Å². The van der Waals surface area contributed by atoms with Gasteiger partial charge in [-0.1, -0.05) is 30.3 Å². The zero-order valence-corrected chi connectivity index (χ0v) is 17.7. The molecule has 1 unspecified atom stereocenters. The molecule has 1 saturated carbocycles. The van der Waals surface area contributed by atoms with Gasteiger partial charge in [-0.05, 0) is 37.2 Å². The minimum absolute atomic E-state index is 0. The van der Waals surface area contributed by atoms with E-state index in [0.717, 1.165) is 37.7 Å². The summed E-state index contributed by atoms with van der Waals surface area (Å²) < 4.78 is 5.48. The average molecular weight is 461 g/mol. The van der Waals surface area contributed by atoms with Crippen LogP contribution >= 0.6 is 24.0 Å². The number of nitrogens with zero attached hydrogens (tertiary/aromatic N) is 1. The maximum atomic E-state index is 9.64. The summed E-state index contributed by atoms with van der Waals surface area (Å²) in [6, 6.07) is 10.1. The van der Waals surface area contributed by atoms with Gasteiger partial charge < -0.3 is 20.5 Å². The van der Waals surface area contributed by atoms with Gasteiger partial charge >= 0.3 is 0 Å². The SMILES string of the molecule is CCOCCC1(CNC(=NC)NCC(CO)c2ccccc2)CC1.I. The Morgan fingerprint density at radius 1 is 1.28 bits per heavy atom. The second-order valence-electron chi connectivity index (χ2n) is 6.54. The van der Waals surface area contributed by atoms with Gasteiger partial charge in [0, 0.05) is 39.3 Å². The van der Waals surface area contributed by atoms with Crippen molar-refractivity contribution in [3.63, 3.8) is 0 Å². The predicted molar refractivity (Wildman–Crippen MR) is 114 cm³/mol. The largest absolute Gasteiger partial charge is 0.396 e. The fourth-order valence-electron chi connectivity index (χ4n) is 2.85. The number of hydrogen-bond donors (Lipinski definition) is 3. The molecule has 25 heavy (non-hydrogen) atoms. The molecule has 0 radical (unpaired) electrons. The van der Waals surface area contributed by atoms with E-state index in [9.17, 15) is 5.11 Å². The summed E-state index contributed by atoms with van der Waals surface area (Å²) in [5, 5.41) is 16.4. The summed E-state index contributed by atoms with van der Waals surface area (Å²) in [5.41, 5.74) is 1.51. The van der Waals surface area contributed by atoms with Gasteiger partial charge in [0.2, 0.25) is 0 Å². The van der Waals surface area contributed by atoms with Gasteiger partial charge in [-0.25, -0.2) is 0 Å². The molecule has 1 fully saturated rings. The van der Waals surface area contributed by atoms with Crippen molar-refractivity contribution >= 4 is 29.9 Å². The van der Waals surface area contributed by atoms with Crippen molar-refractivity contribution in [3.05, 3.63) is 35.9 Å². The first-order valence-corrected chi connectivity index (χ1v) is 8.91. The topological polar surface area (TPSA) is 65.9 Å². The third-order valence-electron chi connectivity index (χ3n) is 4.80. The molecule has 0 heterocycles. The van der Waals surface area contributed by atoms with Crippen molar-refractivity contribution in [3.8, 4) is 0 Å². The molecule has 1 atom stereocenters. The van der Waals surface area contributed by atoms with E-state index in [1.165, 1.54) is 12.8 Å². The fourth-order valence-corrected chi connectivity index (χ4v) is 2.85.